The summed E-state index contributed by atoms with van der Waals surface area (Å²) in [6.07, 6.45) is 0.691. The third-order valence-electron chi connectivity index (χ3n) is 7.05. The lowest BCUT2D eigenvalue weighted by atomic mass is 9.98. The topological polar surface area (TPSA) is 119 Å². The molecule has 2 aliphatic heterocycles. The van der Waals surface area contributed by atoms with Crippen molar-refractivity contribution in [1.29, 1.82) is 0 Å². The molecule has 0 radical (unpaired) electrons. The van der Waals surface area contributed by atoms with Crippen LogP contribution < -0.4 is 4.90 Å². The molecule has 0 aliphatic carbocycles. The Labute approximate surface area is 256 Å². The van der Waals surface area contributed by atoms with Crippen LogP contribution >= 0.6 is 11.6 Å². The second-order valence-corrected chi connectivity index (χ2v) is 13.9. The quantitative estimate of drug-likeness (QED) is 0.302. The van der Waals surface area contributed by atoms with Crippen LogP contribution in [0, 0.1) is 0 Å². The van der Waals surface area contributed by atoms with Gasteiger partial charge >= 0.3 is 18.3 Å². The Hall–Kier alpha value is -3.35. The maximum atomic E-state index is 15.0. The fraction of sp³-hybridized carbons (Fsp3) is 0.690. The molecule has 12 nitrogen and oxygen atoms in total. The molecule has 43 heavy (non-hydrogen) atoms. The van der Waals surface area contributed by atoms with E-state index in [2.05, 4.69) is 10.1 Å². The molecule has 2 aromatic heterocycles. The minimum atomic E-state index is -1.83. The second-order valence-electron chi connectivity index (χ2n) is 13.5. The second kappa shape index (κ2) is 12.0. The Morgan fingerprint density at radius 1 is 1.05 bits per heavy atom. The third kappa shape index (κ3) is 7.79. The molecule has 0 unspecified atom stereocenters. The third-order valence-corrected chi connectivity index (χ3v) is 7.24. The van der Waals surface area contributed by atoms with Gasteiger partial charge in [-0.1, -0.05) is 25.4 Å². The van der Waals surface area contributed by atoms with E-state index >= 15 is 4.39 Å². The summed E-state index contributed by atoms with van der Waals surface area (Å²) >= 11 is 6.43. The SMILES string of the molecule is CC(C)c1cnn2c(N(C(=O)OC(C)(C)C)C3CCN(C(=O)OCC4(F)CN(C(=O)OC(C)(C)C)C4)CC3)cc(Cl)nc12. The lowest BCUT2D eigenvalue weighted by Crippen LogP contribution is -2.64. The number of carbonyl (C=O) groups is 3. The first kappa shape index (κ1) is 32.6. The standard InChI is InChI=1S/C29H42ClFN6O6/c1-18(2)20-14-32-37-22(13-21(30)33-23(20)37)36(26(40)43-28(6,7)8)19-9-11-34(12-10-19)24(38)41-17-29(31)15-35(16-29)25(39)42-27(3,4)5/h13-14,18-19H,9-12,15-17H2,1-8H3. The minimum Gasteiger partial charge on any atom is -0.446 e. The molecule has 0 atom stereocenters. The van der Waals surface area contributed by atoms with E-state index < -0.39 is 41.8 Å². The zero-order chi connectivity index (χ0) is 31.9. The van der Waals surface area contributed by atoms with Gasteiger partial charge in [-0.05, 0) is 60.3 Å². The van der Waals surface area contributed by atoms with E-state index in [4.69, 9.17) is 25.8 Å². The van der Waals surface area contributed by atoms with Gasteiger partial charge in [-0.3, -0.25) is 4.90 Å². The molecule has 4 rings (SSSR count). The molecule has 0 N–H and O–H groups in total. The average Bonchev–Trinajstić information content (AvgIpc) is 3.28. The Balaban J connectivity index is 1.42. The van der Waals surface area contributed by atoms with Gasteiger partial charge in [-0.2, -0.15) is 9.61 Å². The van der Waals surface area contributed by atoms with Gasteiger partial charge in [0.05, 0.1) is 19.3 Å². The van der Waals surface area contributed by atoms with Crippen LogP contribution in [-0.4, -0.2) is 98.4 Å². The normalized spacial score (nSPS) is 17.6. The predicted molar refractivity (Wildman–Crippen MR) is 158 cm³/mol. The highest BCUT2D eigenvalue weighted by Crippen LogP contribution is 2.32. The molecule has 0 bridgehead atoms. The molecule has 2 saturated heterocycles. The Bertz CT molecular complexity index is 1360. The molecule has 0 saturated carbocycles. The van der Waals surface area contributed by atoms with Crippen molar-refractivity contribution in [3.8, 4) is 0 Å². The van der Waals surface area contributed by atoms with Crippen LogP contribution in [0.3, 0.4) is 0 Å². The summed E-state index contributed by atoms with van der Waals surface area (Å²) in [6, 6.07) is 1.23. The van der Waals surface area contributed by atoms with Crippen LogP contribution in [0.15, 0.2) is 12.3 Å². The summed E-state index contributed by atoms with van der Waals surface area (Å²) in [4.78, 5) is 47.2. The van der Waals surface area contributed by atoms with Crippen LogP contribution in [0.5, 0.6) is 0 Å². The Morgan fingerprint density at radius 2 is 1.65 bits per heavy atom. The maximum Gasteiger partial charge on any atom is 0.416 e. The first-order chi connectivity index (χ1) is 19.9. The summed E-state index contributed by atoms with van der Waals surface area (Å²) < 4.78 is 33.0. The lowest BCUT2D eigenvalue weighted by molar-refractivity contribution is -0.0784. The highest BCUT2D eigenvalue weighted by molar-refractivity contribution is 6.29. The molecule has 3 amide bonds. The Morgan fingerprint density at radius 3 is 2.21 bits per heavy atom. The highest BCUT2D eigenvalue weighted by Gasteiger charge is 2.48. The molecule has 238 valence electrons. The van der Waals surface area contributed by atoms with Crippen molar-refractivity contribution >= 4 is 41.3 Å². The number of piperidine rings is 1. The van der Waals surface area contributed by atoms with Crippen LogP contribution in [0.25, 0.3) is 5.65 Å². The summed E-state index contributed by atoms with van der Waals surface area (Å²) in [5.74, 6) is 0.542. The number of ether oxygens (including phenoxy) is 3. The monoisotopic (exact) mass is 624 g/mol. The zero-order valence-electron chi connectivity index (χ0n) is 26.1. The number of anilines is 1. The molecule has 2 aliphatic rings. The van der Waals surface area contributed by atoms with Crippen LogP contribution in [0.4, 0.5) is 24.6 Å². The fourth-order valence-corrected chi connectivity index (χ4v) is 5.21. The van der Waals surface area contributed by atoms with Gasteiger partial charge in [0, 0.05) is 30.8 Å². The fourth-order valence-electron chi connectivity index (χ4n) is 5.03. The van der Waals surface area contributed by atoms with Crippen LogP contribution in [-0.2, 0) is 14.2 Å². The van der Waals surface area contributed by atoms with Crippen molar-refractivity contribution in [3.05, 3.63) is 23.0 Å². The number of hydrogen-bond acceptors (Lipinski definition) is 8. The van der Waals surface area contributed by atoms with Crippen molar-refractivity contribution in [1.82, 2.24) is 24.4 Å². The number of fused-ring (bicyclic) bond motifs is 1. The highest BCUT2D eigenvalue weighted by atomic mass is 35.5. The molecular formula is C29H42ClFN6O6. The molecule has 4 heterocycles. The predicted octanol–water partition coefficient (Wildman–Crippen LogP) is 5.81. The number of aromatic nitrogens is 3. The lowest BCUT2D eigenvalue weighted by Gasteiger charge is -2.44. The first-order valence-corrected chi connectivity index (χ1v) is 14.9. The summed E-state index contributed by atoms with van der Waals surface area (Å²) in [6.45, 7) is 14.2. The number of likely N-dealkylation sites (tertiary alicyclic amines) is 2. The van der Waals surface area contributed by atoms with Crippen molar-refractivity contribution < 1.29 is 33.0 Å². The van der Waals surface area contributed by atoms with Gasteiger partial charge < -0.3 is 24.0 Å². The van der Waals surface area contributed by atoms with Crippen LogP contribution in [0.1, 0.15) is 79.7 Å². The number of halogens is 2. The van der Waals surface area contributed by atoms with Gasteiger partial charge in [-0.15, -0.1) is 0 Å². The van der Waals surface area contributed by atoms with E-state index in [-0.39, 0.29) is 43.3 Å². The first-order valence-electron chi connectivity index (χ1n) is 14.5. The zero-order valence-corrected chi connectivity index (χ0v) is 26.9. The van der Waals surface area contributed by atoms with E-state index in [0.29, 0.717) is 24.3 Å². The molecule has 0 spiro atoms. The maximum absolute atomic E-state index is 15.0. The van der Waals surface area contributed by atoms with Gasteiger partial charge in [0.15, 0.2) is 11.3 Å². The van der Waals surface area contributed by atoms with Crippen LogP contribution in [0.2, 0.25) is 5.15 Å². The molecule has 0 aromatic carbocycles. The van der Waals surface area contributed by atoms with E-state index in [1.165, 1.54) is 14.7 Å². The average molecular weight is 625 g/mol. The van der Waals surface area contributed by atoms with Gasteiger partial charge in [0.1, 0.15) is 28.8 Å². The van der Waals surface area contributed by atoms with Gasteiger partial charge in [0.25, 0.3) is 0 Å². The number of hydrogen-bond donors (Lipinski definition) is 0. The molecule has 2 fully saturated rings. The van der Waals surface area contributed by atoms with Crippen molar-refractivity contribution in [2.75, 3.05) is 37.7 Å². The van der Waals surface area contributed by atoms with E-state index in [1.807, 2.05) is 13.8 Å². The van der Waals surface area contributed by atoms with Gasteiger partial charge in [-0.25, -0.2) is 23.8 Å². The number of alkyl halides is 1. The Kier molecular flexibility index (Phi) is 9.07. The minimum absolute atomic E-state index is 0.129. The van der Waals surface area contributed by atoms with Crippen molar-refractivity contribution in [2.24, 2.45) is 0 Å². The van der Waals surface area contributed by atoms with E-state index in [9.17, 15) is 14.4 Å². The smallest absolute Gasteiger partial charge is 0.416 e. The largest absolute Gasteiger partial charge is 0.446 e. The summed E-state index contributed by atoms with van der Waals surface area (Å²) in [5.41, 5.74) is -1.84. The summed E-state index contributed by atoms with van der Waals surface area (Å²) in [5, 5.41) is 4.72. The van der Waals surface area contributed by atoms with E-state index in [0.717, 1.165) is 5.56 Å². The van der Waals surface area contributed by atoms with Gasteiger partial charge in [0.2, 0.25) is 0 Å². The molecular weight excluding hydrogens is 583 g/mol. The number of rotatable bonds is 5. The number of amides is 3. The number of carbonyl (C=O) groups excluding carboxylic acids is 3. The molecule has 14 heteroatoms. The van der Waals surface area contributed by atoms with E-state index in [1.54, 1.807) is 58.3 Å². The summed E-state index contributed by atoms with van der Waals surface area (Å²) in [7, 11) is 0. The van der Waals surface area contributed by atoms with Crippen molar-refractivity contribution in [2.45, 2.75) is 97.1 Å². The van der Waals surface area contributed by atoms with Crippen molar-refractivity contribution in [3.63, 3.8) is 0 Å². The molecule has 2 aromatic rings. The number of nitrogens with zero attached hydrogens (tertiary/aromatic N) is 6.